The van der Waals surface area contributed by atoms with Crippen molar-refractivity contribution in [3.05, 3.63) is 28.2 Å². The summed E-state index contributed by atoms with van der Waals surface area (Å²) in [6.45, 7) is 2.50. The third kappa shape index (κ3) is 3.13. The number of nitrogens with one attached hydrogen (secondary N) is 1. The largest absolute Gasteiger partial charge is 0.391 e. The Bertz CT molecular complexity index is 519. The van der Waals surface area contributed by atoms with Crippen molar-refractivity contribution >= 4 is 33.4 Å². The fraction of sp³-hybridized carbons (Fsp3) is 0.385. The van der Waals surface area contributed by atoms with Gasteiger partial charge in [0.15, 0.2) is 0 Å². The molecule has 0 aliphatic carbocycles. The highest BCUT2D eigenvalue weighted by Gasteiger charge is 2.29. The van der Waals surface area contributed by atoms with Gasteiger partial charge in [0.05, 0.1) is 6.10 Å². The number of hydrogen-bond acceptors (Lipinski definition) is 3. The molecule has 2 rings (SSSR count). The van der Waals surface area contributed by atoms with E-state index in [0.717, 1.165) is 10.0 Å². The Hall–Kier alpha value is -1.40. The summed E-state index contributed by atoms with van der Waals surface area (Å²) in [6, 6.07) is 5.39. The molecule has 2 amide bonds. The summed E-state index contributed by atoms with van der Waals surface area (Å²) in [7, 11) is 0. The molecule has 19 heavy (non-hydrogen) atoms. The molecular formula is C13H15BrN2O3. The highest BCUT2D eigenvalue weighted by Crippen LogP contribution is 2.23. The number of amides is 2. The second-order valence-electron chi connectivity index (χ2n) is 4.56. The highest BCUT2D eigenvalue weighted by atomic mass is 79.9. The molecule has 1 aromatic rings. The van der Waals surface area contributed by atoms with E-state index in [1.807, 2.05) is 13.0 Å². The van der Waals surface area contributed by atoms with Gasteiger partial charge >= 0.3 is 11.8 Å². The average Bonchev–Trinajstić information content (AvgIpc) is 2.80. The molecule has 0 bridgehead atoms. The highest BCUT2D eigenvalue weighted by molar-refractivity contribution is 9.10. The number of anilines is 1. The van der Waals surface area contributed by atoms with Crippen molar-refractivity contribution in [3.63, 3.8) is 0 Å². The minimum atomic E-state index is -0.671. The van der Waals surface area contributed by atoms with Gasteiger partial charge in [-0.05, 0) is 31.0 Å². The van der Waals surface area contributed by atoms with E-state index < -0.39 is 17.9 Å². The Balaban J connectivity index is 2.05. The van der Waals surface area contributed by atoms with E-state index in [2.05, 4.69) is 21.2 Å². The molecule has 1 aliphatic rings. The fourth-order valence-corrected chi connectivity index (χ4v) is 2.35. The van der Waals surface area contributed by atoms with E-state index in [1.54, 1.807) is 12.1 Å². The Morgan fingerprint density at radius 3 is 2.84 bits per heavy atom. The fourth-order valence-electron chi connectivity index (χ4n) is 1.99. The number of carbonyl (C=O) groups is 2. The van der Waals surface area contributed by atoms with Crippen LogP contribution in [0.1, 0.15) is 12.0 Å². The molecule has 0 spiro atoms. The standard InChI is InChI=1S/C13H15BrN2O3/c1-8-10(14)3-2-4-11(8)15-12(18)13(19)16-6-5-9(17)7-16/h2-4,9,17H,5-7H2,1H3,(H,15,18)/t9-/m1/s1. The maximum absolute atomic E-state index is 11.9. The van der Waals surface area contributed by atoms with E-state index in [0.29, 0.717) is 18.7 Å². The first-order chi connectivity index (χ1) is 8.99. The van der Waals surface area contributed by atoms with Crippen LogP contribution in [-0.4, -0.2) is 41.0 Å². The van der Waals surface area contributed by atoms with Crippen LogP contribution in [-0.2, 0) is 9.59 Å². The van der Waals surface area contributed by atoms with Crippen LogP contribution in [0.5, 0.6) is 0 Å². The Morgan fingerprint density at radius 1 is 1.47 bits per heavy atom. The second-order valence-corrected chi connectivity index (χ2v) is 5.41. The van der Waals surface area contributed by atoms with Crippen molar-refractivity contribution in [3.8, 4) is 0 Å². The van der Waals surface area contributed by atoms with E-state index in [9.17, 15) is 14.7 Å². The molecule has 5 nitrogen and oxygen atoms in total. The van der Waals surface area contributed by atoms with Gasteiger partial charge < -0.3 is 15.3 Å². The van der Waals surface area contributed by atoms with Crippen LogP contribution < -0.4 is 5.32 Å². The van der Waals surface area contributed by atoms with Crippen LogP contribution in [0.2, 0.25) is 0 Å². The SMILES string of the molecule is Cc1c(Br)cccc1NC(=O)C(=O)N1CC[C@@H](O)C1. The number of hydrogen-bond donors (Lipinski definition) is 2. The van der Waals surface area contributed by atoms with Gasteiger partial charge in [-0.25, -0.2) is 0 Å². The molecule has 0 saturated carbocycles. The Labute approximate surface area is 119 Å². The van der Waals surface area contributed by atoms with Crippen molar-refractivity contribution < 1.29 is 14.7 Å². The number of halogens is 1. The average molecular weight is 327 g/mol. The van der Waals surface area contributed by atoms with E-state index in [-0.39, 0.29) is 6.54 Å². The first-order valence-electron chi connectivity index (χ1n) is 6.02. The number of nitrogens with zero attached hydrogens (tertiary/aromatic N) is 1. The van der Waals surface area contributed by atoms with Gasteiger partial charge in [-0.3, -0.25) is 9.59 Å². The summed E-state index contributed by atoms with van der Waals surface area (Å²) in [6.07, 6.45) is -0.000994. The third-order valence-electron chi connectivity index (χ3n) is 3.16. The lowest BCUT2D eigenvalue weighted by Crippen LogP contribution is -2.38. The topological polar surface area (TPSA) is 69.6 Å². The van der Waals surface area contributed by atoms with E-state index >= 15 is 0 Å². The van der Waals surface area contributed by atoms with Gasteiger partial charge in [0.25, 0.3) is 0 Å². The molecule has 0 aromatic heterocycles. The number of carbonyl (C=O) groups excluding carboxylic acids is 2. The smallest absolute Gasteiger partial charge is 0.313 e. The van der Waals surface area contributed by atoms with Gasteiger partial charge in [0, 0.05) is 23.2 Å². The van der Waals surface area contributed by atoms with Crippen LogP contribution in [0.25, 0.3) is 0 Å². The zero-order chi connectivity index (χ0) is 14.0. The number of aliphatic hydroxyl groups is 1. The molecule has 0 unspecified atom stereocenters. The van der Waals surface area contributed by atoms with Gasteiger partial charge in [-0.2, -0.15) is 0 Å². The summed E-state index contributed by atoms with van der Waals surface area (Å²) in [5, 5.41) is 12.0. The summed E-state index contributed by atoms with van der Waals surface area (Å²) >= 11 is 3.37. The summed E-state index contributed by atoms with van der Waals surface area (Å²) in [5.74, 6) is -1.27. The third-order valence-corrected chi connectivity index (χ3v) is 4.02. The van der Waals surface area contributed by atoms with Crippen molar-refractivity contribution in [1.29, 1.82) is 0 Å². The molecular weight excluding hydrogens is 312 g/mol. The lowest BCUT2D eigenvalue weighted by molar-refractivity contribution is -0.142. The molecule has 6 heteroatoms. The first-order valence-corrected chi connectivity index (χ1v) is 6.82. The maximum atomic E-state index is 11.9. The Morgan fingerprint density at radius 2 is 2.21 bits per heavy atom. The van der Waals surface area contributed by atoms with Gasteiger partial charge in [0.1, 0.15) is 0 Å². The number of rotatable bonds is 1. The van der Waals surface area contributed by atoms with Crippen LogP contribution in [0.3, 0.4) is 0 Å². The zero-order valence-corrected chi connectivity index (χ0v) is 12.1. The van der Waals surface area contributed by atoms with Gasteiger partial charge in [0.2, 0.25) is 0 Å². The lowest BCUT2D eigenvalue weighted by Gasteiger charge is -2.15. The molecule has 1 aromatic carbocycles. The van der Waals surface area contributed by atoms with Crippen LogP contribution in [0.15, 0.2) is 22.7 Å². The zero-order valence-electron chi connectivity index (χ0n) is 10.5. The molecule has 1 heterocycles. The number of benzene rings is 1. The minimum absolute atomic E-state index is 0.226. The summed E-state index contributed by atoms with van der Waals surface area (Å²) < 4.78 is 0.870. The molecule has 1 aliphatic heterocycles. The monoisotopic (exact) mass is 326 g/mol. The summed E-state index contributed by atoms with van der Waals surface area (Å²) in [4.78, 5) is 25.1. The molecule has 1 saturated heterocycles. The molecule has 0 radical (unpaired) electrons. The van der Waals surface area contributed by atoms with Crippen molar-refractivity contribution in [2.24, 2.45) is 0 Å². The van der Waals surface area contributed by atoms with E-state index in [4.69, 9.17) is 0 Å². The molecule has 2 N–H and O–H groups in total. The number of aliphatic hydroxyl groups excluding tert-OH is 1. The van der Waals surface area contributed by atoms with Crippen LogP contribution in [0, 0.1) is 6.92 Å². The first kappa shape index (κ1) is 14.0. The molecule has 1 fully saturated rings. The van der Waals surface area contributed by atoms with Crippen LogP contribution >= 0.6 is 15.9 Å². The molecule has 102 valence electrons. The van der Waals surface area contributed by atoms with Crippen molar-refractivity contribution in [1.82, 2.24) is 4.90 Å². The van der Waals surface area contributed by atoms with Crippen LogP contribution in [0.4, 0.5) is 5.69 Å². The van der Waals surface area contributed by atoms with E-state index in [1.165, 1.54) is 4.90 Å². The summed E-state index contributed by atoms with van der Waals surface area (Å²) in [5.41, 5.74) is 1.47. The van der Waals surface area contributed by atoms with Crippen molar-refractivity contribution in [2.75, 3.05) is 18.4 Å². The predicted molar refractivity (Wildman–Crippen MR) is 74.7 cm³/mol. The quantitative estimate of drug-likeness (QED) is 0.764. The Kier molecular flexibility index (Phi) is 4.21. The minimum Gasteiger partial charge on any atom is -0.391 e. The lowest BCUT2D eigenvalue weighted by atomic mass is 10.2. The predicted octanol–water partition coefficient (Wildman–Crippen LogP) is 1.29. The normalized spacial score (nSPS) is 18.5. The van der Waals surface area contributed by atoms with Crippen molar-refractivity contribution in [2.45, 2.75) is 19.4 Å². The van der Waals surface area contributed by atoms with Gasteiger partial charge in [-0.1, -0.05) is 22.0 Å². The maximum Gasteiger partial charge on any atom is 0.313 e. The molecule has 1 atom stereocenters. The van der Waals surface area contributed by atoms with Gasteiger partial charge in [-0.15, -0.1) is 0 Å². The second kappa shape index (κ2) is 5.71. The number of likely N-dealkylation sites (tertiary alicyclic amines) is 1. The number of β-amino-alcohol motifs (C(OH)–C–C–N with tert-alkyl or cyclic N) is 1.